The van der Waals surface area contributed by atoms with Gasteiger partial charge in [0.2, 0.25) is 5.95 Å². The Labute approximate surface area is 110 Å². The minimum absolute atomic E-state index is 0.0487. The Hall–Kier alpha value is -2.44. The molecule has 1 aromatic carbocycles. The highest BCUT2D eigenvalue weighted by molar-refractivity contribution is 5.95. The Bertz CT molecular complexity index is 650. The number of aromatic carboxylic acids is 1. The first-order valence-electron chi connectivity index (χ1n) is 5.35. The summed E-state index contributed by atoms with van der Waals surface area (Å²) < 4.78 is 50.2. The smallest absolute Gasteiger partial charge is 0.416 e. The van der Waals surface area contributed by atoms with Gasteiger partial charge in [0.15, 0.2) is 0 Å². The third-order valence-electron chi connectivity index (χ3n) is 2.62. The third-order valence-corrected chi connectivity index (χ3v) is 2.62. The minimum atomic E-state index is -4.48. The van der Waals surface area contributed by atoms with Gasteiger partial charge in [-0.15, -0.1) is 0 Å². The van der Waals surface area contributed by atoms with E-state index >= 15 is 0 Å². The number of hydrogen-bond acceptors (Lipinski definition) is 2. The van der Waals surface area contributed by atoms with Crippen LogP contribution < -0.4 is 0 Å². The normalized spacial score (nSPS) is 11.4. The van der Waals surface area contributed by atoms with E-state index in [1.807, 2.05) is 0 Å². The van der Waals surface area contributed by atoms with Gasteiger partial charge >= 0.3 is 12.1 Å². The van der Waals surface area contributed by atoms with E-state index in [4.69, 9.17) is 5.11 Å². The number of carboxylic acid groups (broad SMARTS) is 1. The zero-order chi connectivity index (χ0) is 14.9. The molecule has 0 saturated carbocycles. The highest BCUT2D eigenvalue weighted by atomic mass is 19.4. The molecule has 2 rings (SSSR count). The molecule has 0 atom stereocenters. The summed E-state index contributed by atoms with van der Waals surface area (Å²) in [5, 5.41) is 8.96. The first-order valence-corrected chi connectivity index (χ1v) is 5.35. The van der Waals surface area contributed by atoms with E-state index in [-0.39, 0.29) is 16.7 Å². The zero-order valence-corrected chi connectivity index (χ0v) is 9.78. The van der Waals surface area contributed by atoms with Crippen LogP contribution in [0, 0.1) is 5.95 Å². The van der Waals surface area contributed by atoms with Crippen molar-refractivity contribution >= 4 is 5.97 Å². The van der Waals surface area contributed by atoms with Crippen LogP contribution in [0.1, 0.15) is 15.9 Å². The summed E-state index contributed by atoms with van der Waals surface area (Å²) in [6.45, 7) is 0. The summed E-state index contributed by atoms with van der Waals surface area (Å²) in [4.78, 5) is 14.3. The largest absolute Gasteiger partial charge is 0.478 e. The average Bonchev–Trinajstić information content (AvgIpc) is 2.37. The van der Waals surface area contributed by atoms with Crippen LogP contribution in [0.5, 0.6) is 0 Å². The topological polar surface area (TPSA) is 50.2 Å². The molecule has 20 heavy (non-hydrogen) atoms. The van der Waals surface area contributed by atoms with Gasteiger partial charge in [-0.1, -0.05) is 12.1 Å². The predicted molar refractivity (Wildman–Crippen MR) is 61.6 cm³/mol. The Morgan fingerprint density at radius 1 is 1.15 bits per heavy atom. The maximum atomic E-state index is 12.9. The van der Waals surface area contributed by atoms with E-state index in [9.17, 15) is 22.4 Å². The second-order valence-electron chi connectivity index (χ2n) is 3.93. The number of nitrogens with zero attached hydrogens (tertiary/aromatic N) is 1. The van der Waals surface area contributed by atoms with Crippen LogP contribution >= 0.6 is 0 Å². The number of hydrogen-bond donors (Lipinski definition) is 1. The lowest BCUT2D eigenvalue weighted by molar-refractivity contribution is -0.137. The van der Waals surface area contributed by atoms with Crippen LogP contribution in [0.2, 0.25) is 0 Å². The molecule has 1 aromatic heterocycles. The minimum Gasteiger partial charge on any atom is -0.478 e. The molecule has 0 aliphatic rings. The van der Waals surface area contributed by atoms with Crippen LogP contribution in [0.15, 0.2) is 36.5 Å². The molecule has 0 amide bonds. The maximum Gasteiger partial charge on any atom is 0.416 e. The number of aromatic nitrogens is 1. The lowest BCUT2D eigenvalue weighted by Crippen LogP contribution is -2.05. The monoisotopic (exact) mass is 285 g/mol. The molecule has 0 aliphatic carbocycles. The molecule has 0 fully saturated rings. The predicted octanol–water partition coefficient (Wildman–Crippen LogP) is 3.60. The van der Waals surface area contributed by atoms with Crippen LogP contribution in [0.3, 0.4) is 0 Å². The molecule has 1 N–H and O–H groups in total. The van der Waals surface area contributed by atoms with Gasteiger partial charge < -0.3 is 5.11 Å². The number of benzene rings is 1. The fourth-order valence-electron chi connectivity index (χ4n) is 1.68. The fourth-order valence-corrected chi connectivity index (χ4v) is 1.68. The number of carboxylic acids is 1. The van der Waals surface area contributed by atoms with Crippen molar-refractivity contribution < 1.29 is 27.5 Å². The van der Waals surface area contributed by atoms with Crippen molar-refractivity contribution in [3.05, 3.63) is 53.6 Å². The highest BCUT2D eigenvalue weighted by Crippen LogP contribution is 2.31. The number of alkyl halides is 3. The van der Waals surface area contributed by atoms with Crippen molar-refractivity contribution in [2.75, 3.05) is 0 Å². The van der Waals surface area contributed by atoms with Gasteiger partial charge in [-0.3, -0.25) is 0 Å². The standard InChI is InChI=1S/C13H7F4NO2/c14-11-5-9(12(19)20)10(6-18-11)7-1-3-8(4-2-7)13(15,16)17/h1-6H,(H,19,20). The SMILES string of the molecule is O=C(O)c1cc(F)ncc1-c1ccc(C(F)(F)F)cc1. The van der Waals surface area contributed by atoms with Crippen LogP contribution in [-0.2, 0) is 6.18 Å². The lowest BCUT2D eigenvalue weighted by Gasteiger charge is -2.09. The summed E-state index contributed by atoms with van der Waals surface area (Å²) >= 11 is 0. The quantitative estimate of drug-likeness (QED) is 0.677. The Kier molecular flexibility index (Phi) is 3.44. The molecular formula is C13H7F4NO2. The molecule has 0 radical (unpaired) electrons. The molecular weight excluding hydrogens is 278 g/mol. The molecule has 104 valence electrons. The fraction of sp³-hybridized carbons (Fsp3) is 0.0769. The summed E-state index contributed by atoms with van der Waals surface area (Å²) in [6.07, 6.45) is -3.50. The van der Waals surface area contributed by atoms with Crippen molar-refractivity contribution in [1.82, 2.24) is 4.98 Å². The summed E-state index contributed by atoms with van der Waals surface area (Å²) in [6, 6.07) is 4.60. The molecule has 0 spiro atoms. The first-order chi connectivity index (χ1) is 9.29. The van der Waals surface area contributed by atoms with Gasteiger partial charge in [-0.05, 0) is 17.7 Å². The van der Waals surface area contributed by atoms with Gasteiger partial charge in [-0.2, -0.15) is 17.6 Å². The number of pyridine rings is 1. The zero-order valence-electron chi connectivity index (χ0n) is 9.78. The third kappa shape index (κ3) is 2.76. The number of rotatable bonds is 2. The molecule has 0 bridgehead atoms. The van der Waals surface area contributed by atoms with Crippen LogP contribution in [0.25, 0.3) is 11.1 Å². The van der Waals surface area contributed by atoms with E-state index in [1.54, 1.807) is 0 Å². The van der Waals surface area contributed by atoms with E-state index in [1.165, 1.54) is 0 Å². The van der Waals surface area contributed by atoms with Crippen molar-refractivity contribution in [3.8, 4) is 11.1 Å². The number of carbonyl (C=O) groups is 1. The molecule has 1 heterocycles. The van der Waals surface area contributed by atoms with Crippen LogP contribution in [-0.4, -0.2) is 16.1 Å². The Morgan fingerprint density at radius 3 is 2.25 bits per heavy atom. The maximum absolute atomic E-state index is 12.9. The lowest BCUT2D eigenvalue weighted by atomic mass is 10.0. The van der Waals surface area contributed by atoms with Gasteiger partial charge in [-0.25, -0.2) is 9.78 Å². The van der Waals surface area contributed by atoms with Crippen molar-refractivity contribution in [2.45, 2.75) is 6.18 Å². The van der Waals surface area contributed by atoms with Gasteiger partial charge in [0, 0.05) is 17.8 Å². The highest BCUT2D eigenvalue weighted by Gasteiger charge is 2.30. The summed E-state index contributed by atoms with van der Waals surface area (Å²) in [7, 11) is 0. The average molecular weight is 285 g/mol. The van der Waals surface area contributed by atoms with Gasteiger partial charge in [0.25, 0.3) is 0 Å². The van der Waals surface area contributed by atoms with Gasteiger partial charge in [0.05, 0.1) is 11.1 Å². The second-order valence-corrected chi connectivity index (χ2v) is 3.93. The molecule has 3 nitrogen and oxygen atoms in total. The van der Waals surface area contributed by atoms with E-state index in [0.29, 0.717) is 0 Å². The molecule has 0 aliphatic heterocycles. The van der Waals surface area contributed by atoms with Crippen molar-refractivity contribution in [1.29, 1.82) is 0 Å². The second kappa shape index (κ2) is 4.92. The van der Waals surface area contributed by atoms with E-state index in [0.717, 1.165) is 36.5 Å². The van der Waals surface area contributed by atoms with E-state index in [2.05, 4.69) is 4.98 Å². The molecule has 7 heteroatoms. The van der Waals surface area contributed by atoms with Crippen molar-refractivity contribution in [2.24, 2.45) is 0 Å². The summed E-state index contributed by atoms with van der Waals surface area (Å²) in [5.41, 5.74) is -0.957. The van der Waals surface area contributed by atoms with Gasteiger partial charge in [0.1, 0.15) is 0 Å². The van der Waals surface area contributed by atoms with Crippen molar-refractivity contribution in [3.63, 3.8) is 0 Å². The Morgan fingerprint density at radius 2 is 1.75 bits per heavy atom. The first kappa shape index (κ1) is 14.0. The van der Waals surface area contributed by atoms with E-state index < -0.39 is 23.7 Å². The molecule has 0 saturated heterocycles. The molecule has 0 unspecified atom stereocenters. The Balaban J connectivity index is 2.50. The molecule has 2 aromatic rings. The van der Waals surface area contributed by atoms with Crippen LogP contribution in [0.4, 0.5) is 17.6 Å². The number of halogens is 4. The summed E-state index contributed by atoms with van der Waals surface area (Å²) in [5.74, 6) is -2.36.